The van der Waals surface area contributed by atoms with Crippen LogP contribution < -0.4 is 15.2 Å². The number of nitrogens with two attached hydrogens (primary N) is 1. The fourth-order valence-electron chi connectivity index (χ4n) is 3.27. The zero-order valence-electron chi connectivity index (χ0n) is 15.7. The number of nitrogens with zero attached hydrogens (tertiary/aromatic N) is 1. The molecule has 2 amide bonds. The first-order valence-electron chi connectivity index (χ1n) is 9.30. The number of rotatable bonds is 7. The molecule has 1 fully saturated rings. The first-order valence-corrected chi connectivity index (χ1v) is 10.1. The van der Waals surface area contributed by atoms with E-state index >= 15 is 0 Å². The molecule has 29 heavy (non-hydrogen) atoms. The lowest BCUT2D eigenvalue weighted by atomic mass is 9.90. The standard InChI is InChI=1S/C21H22Cl2N2O4/c22-15-1-5-17(6-2-15)28-13-19(26)25-11-9-14(10-12-25)20(21(24)27)29-18-7-3-16(23)4-8-18/h1-8,14,20H,9-13H2,(H2,24,27). The molecule has 1 unspecified atom stereocenters. The van der Waals surface area contributed by atoms with Crippen LogP contribution in [0.25, 0.3) is 0 Å². The summed E-state index contributed by atoms with van der Waals surface area (Å²) in [5.74, 6) is 0.434. The molecule has 0 bridgehead atoms. The van der Waals surface area contributed by atoms with Gasteiger partial charge < -0.3 is 20.1 Å². The van der Waals surface area contributed by atoms with Crippen molar-refractivity contribution in [3.05, 3.63) is 58.6 Å². The number of carbonyl (C=O) groups is 2. The summed E-state index contributed by atoms with van der Waals surface area (Å²) >= 11 is 11.7. The van der Waals surface area contributed by atoms with Crippen LogP contribution in [-0.4, -0.2) is 42.5 Å². The quantitative estimate of drug-likeness (QED) is 0.719. The van der Waals surface area contributed by atoms with Crippen LogP contribution in [0.5, 0.6) is 11.5 Å². The van der Waals surface area contributed by atoms with Gasteiger partial charge in [-0.2, -0.15) is 0 Å². The van der Waals surface area contributed by atoms with Crippen LogP contribution in [0.2, 0.25) is 10.0 Å². The summed E-state index contributed by atoms with van der Waals surface area (Å²) in [5, 5.41) is 1.19. The van der Waals surface area contributed by atoms with Gasteiger partial charge in [-0.25, -0.2) is 0 Å². The van der Waals surface area contributed by atoms with E-state index in [4.69, 9.17) is 38.4 Å². The van der Waals surface area contributed by atoms with Crippen LogP contribution in [0.4, 0.5) is 0 Å². The molecule has 0 aliphatic carbocycles. The van der Waals surface area contributed by atoms with Crippen molar-refractivity contribution in [3.8, 4) is 11.5 Å². The number of hydrogen-bond acceptors (Lipinski definition) is 4. The molecule has 1 heterocycles. The minimum absolute atomic E-state index is 0.0488. The van der Waals surface area contributed by atoms with Crippen LogP contribution in [0, 0.1) is 5.92 Å². The Morgan fingerprint density at radius 3 is 2.00 bits per heavy atom. The maximum absolute atomic E-state index is 12.4. The van der Waals surface area contributed by atoms with E-state index in [1.807, 2.05) is 0 Å². The molecule has 0 aromatic heterocycles. The molecule has 2 aromatic rings. The second kappa shape index (κ2) is 9.85. The number of benzene rings is 2. The Morgan fingerprint density at radius 2 is 1.48 bits per heavy atom. The molecule has 0 spiro atoms. The number of piperidine rings is 1. The smallest absolute Gasteiger partial charge is 0.260 e. The van der Waals surface area contributed by atoms with Gasteiger partial charge in [0.05, 0.1) is 0 Å². The zero-order valence-corrected chi connectivity index (χ0v) is 17.2. The number of likely N-dealkylation sites (tertiary alicyclic amines) is 1. The summed E-state index contributed by atoms with van der Waals surface area (Å²) in [6.07, 6.45) is 0.487. The van der Waals surface area contributed by atoms with Crippen molar-refractivity contribution < 1.29 is 19.1 Å². The molecule has 0 radical (unpaired) electrons. The van der Waals surface area contributed by atoms with E-state index in [2.05, 4.69) is 0 Å². The predicted octanol–water partition coefficient (Wildman–Crippen LogP) is 3.54. The summed E-state index contributed by atoms with van der Waals surface area (Å²) in [4.78, 5) is 26.1. The lowest BCUT2D eigenvalue weighted by Crippen LogP contribution is -2.47. The van der Waals surface area contributed by atoms with E-state index in [9.17, 15) is 9.59 Å². The Morgan fingerprint density at radius 1 is 0.966 bits per heavy atom. The summed E-state index contributed by atoms with van der Waals surface area (Å²) in [7, 11) is 0. The summed E-state index contributed by atoms with van der Waals surface area (Å²) in [6.45, 7) is 0.981. The van der Waals surface area contributed by atoms with Gasteiger partial charge in [-0.15, -0.1) is 0 Å². The van der Waals surface area contributed by atoms with Crippen molar-refractivity contribution in [1.29, 1.82) is 0 Å². The Hall–Kier alpha value is -2.44. The maximum Gasteiger partial charge on any atom is 0.260 e. The van der Waals surface area contributed by atoms with Gasteiger partial charge >= 0.3 is 0 Å². The van der Waals surface area contributed by atoms with Gasteiger partial charge in [0.1, 0.15) is 11.5 Å². The van der Waals surface area contributed by atoms with E-state index in [1.54, 1.807) is 53.4 Å². The first-order chi connectivity index (χ1) is 13.9. The molecule has 2 N–H and O–H groups in total. The molecule has 1 saturated heterocycles. The first kappa shape index (κ1) is 21.3. The average Bonchev–Trinajstić information content (AvgIpc) is 2.72. The monoisotopic (exact) mass is 436 g/mol. The Kier molecular flexibility index (Phi) is 7.23. The van der Waals surface area contributed by atoms with E-state index in [0.29, 0.717) is 47.5 Å². The van der Waals surface area contributed by atoms with Crippen LogP contribution in [0.1, 0.15) is 12.8 Å². The van der Waals surface area contributed by atoms with Crippen LogP contribution in [0.3, 0.4) is 0 Å². The third kappa shape index (κ3) is 6.02. The fourth-order valence-corrected chi connectivity index (χ4v) is 3.52. The number of ether oxygens (including phenoxy) is 2. The van der Waals surface area contributed by atoms with Gasteiger partial charge in [0.25, 0.3) is 11.8 Å². The van der Waals surface area contributed by atoms with Gasteiger partial charge in [0, 0.05) is 29.1 Å². The summed E-state index contributed by atoms with van der Waals surface area (Å²) in [6, 6.07) is 13.6. The second-order valence-electron chi connectivity index (χ2n) is 6.86. The highest BCUT2D eigenvalue weighted by atomic mass is 35.5. The number of carbonyl (C=O) groups excluding carboxylic acids is 2. The zero-order chi connectivity index (χ0) is 20.8. The van der Waals surface area contributed by atoms with E-state index in [-0.39, 0.29) is 18.4 Å². The fraction of sp³-hybridized carbons (Fsp3) is 0.333. The molecular formula is C21H22Cl2N2O4. The van der Waals surface area contributed by atoms with Crippen molar-refractivity contribution in [2.45, 2.75) is 18.9 Å². The normalized spacial score (nSPS) is 15.6. The molecule has 0 saturated carbocycles. The van der Waals surface area contributed by atoms with Gasteiger partial charge in [0.15, 0.2) is 12.7 Å². The third-order valence-corrected chi connectivity index (χ3v) is 5.36. The van der Waals surface area contributed by atoms with Crippen LogP contribution >= 0.6 is 23.2 Å². The Labute approximate surface area is 179 Å². The second-order valence-corrected chi connectivity index (χ2v) is 7.73. The van der Waals surface area contributed by atoms with Crippen molar-refractivity contribution >= 4 is 35.0 Å². The van der Waals surface area contributed by atoms with Gasteiger partial charge in [0.2, 0.25) is 0 Å². The van der Waals surface area contributed by atoms with Gasteiger partial charge in [-0.3, -0.25) is 9.59 Å². The predicted molar refractivity (Wildman–Crippen MR) is 111 cm³/mol. The lowest BCUT2D eigenvalue weighted by Gasteiger charge is -2.34. The van der Waals surface area contributed by atoms with E-state index < -0.39 is 12.0 Å². The molecule has 1 atom stereocenters. The summed E-state index contributed by atoms with van der Waals surface area (Å²) in [5.41, 5.74) is 5.56. The average molecular weight is 437 g/mol. The highest BCUT2D eigenvalue weighted by molar-refractivity contribution is 6.30. The Bertz CT molecular complexity index is 835. The van der Waals surface area contributed by atoms with Gasteiger partial charge in [-0.05, 0) is 61.4 Å². The van der Waals surface area contributed by atoms with Crippen molar-refractivity contribution in [1.82, 2.24) is 4.90 Å². The topological polar surface area (TPSA) is 81.9 Å². The van der Waals surface area contributed by atoms with Crippen molar-refractivity contribution in [2.24, 2.45) is 11.7 Å². The molecule has 2 aromatic carbocycles. The van der Waals surface area contributed by atoms with Crippen molar-refractivity contribution in [2.75, 3.05) is 19.7 Å². The summed E-state index contributed by atoms with van der Waals surface area (Å²) < 4.78 is 11.3. The minimum Gasteiger partial charge on any atom is -0.484 e. The molecule has 1 aliphatic heterocycles. The molecule has 8 heteroatoms. The number of halogens is 2. The van der Waals surface area contributed by atoms with Gasteiger partial charge in [-0.1, -0.05) is 23.2 Å². The lowest BCUT2D eigenvalue weighted by molar-refractivity contribution is -0.136. The molecule has 154 valence electrons. The molecular weight excluding hydrogens is 415 g/mol. The van der Waals surface area contributed by atoms with Crippen LogP contribution in [-0.2, 0) is 9.59 Å². The third-order valence-electron chi connectivity index (χ3n) is 4.85. The number of amides is 2. The number of hydrogen-bond donors (Lipinski definition) is 1. The highest BCUT2D eigenvalue weighted by Gasteiger charge is 2.33. The van der Waals surface area contributed by atoms with E-state index in [1.165, 1.54) is 0 Å². The van der Waals surface area contributed by atoms with Crippen LogP contribution in [0.15, 0.2) is 48.5 Å². The molecule has 6 nitrogen and oxygen atoms in total. The highest BCUT2D eigenvalue weighted by Crippen LogP contribution is 2.26. The SMILES string of the molecule is NC(=O)C(Oc1ccc(Cl)cc1)C1CCN(C(=O)COc2ccc(Cl)cc2)CC1. The van der Waals surface area contributed by atoms with Crippen molar-refractivity contribution in [3.63, 3.8) is 0 Å². The molecule has 3 rings (SSSR count). The Balaban J connectivity index is 1.50. The van der Waals surface area contributed by atoms with E-state index in [0.717, 1.165) is 0 Å². The molecule has 1 aliphatic rings. The minimum atomic E-state index is -0.751. The maximum atomic E-state index is 12.4. The largest absolute Gasteiger partial charge is 0.484 e. The number of primary amides is 1.